The first-order valence-electron chi connectivity index (χ1n) is 29.3. The summed E-state index contributed by atoms with van der Waals surface area (Å²) < 4.78 is 74.1. The molecule has 2 fully saturated rings. The molecule has 0 radical (unpaired) electrons. The molecule has 480 valence electrons. The van der Waals surface area contributed by atoms with E-state index in [1.54, 1.807) is 60.7 Å². The first-order valence-corrected chi connectivity index (χ1v) is 29.3. The summed E-state index contributed by atoms with van der Waals surface area (Å²) in [6.07, 6.45) is 4.57. The van der Waals surface area contributed by atoms with E-state index in [1.807, 2.05) is 0 Å². The predicted molar refractivity (Wildman–Crippen MR) is 328 cm³/mol. The zero-order valence-electron chi connectivity index (χ0n) is 49.7. The Kier molecular flexibility index (Phi) is 19.6. The van der Waals surface area contributed by atoms with Gasteiger partial charge in [-0.3, -0.25) is 43.5 Å². The van der Waals surface area contributed by atoms with Gasteiger partial charge in [0.15, 0.2) is 5.43 Å². The van der Waals surface area contributed by atoms with Crippen LogP contribution in [0, 0.1) is 22.7 Å². The molecule has 23 nitrogen and oxygen atoms in total. The number of ether oxygens (including phenoxy) is 2. The Labute approximate surface area is 532 Å². The molecule has 0 bridgehead atoms. The summed E-state index contributed by atoms with van der Waals surface area (Å²) in [4.78, 5) is 117. The number of aromatic carboxylic acids is 1. The molecule has 2 saturated heterocycles. The van der Waals surface area contributed by atoms with Gasteiger partial charge in [0, 0.05) is 96.1 Å². The number of likely N-dealkylation sites (tertiary alicyclic amines) is 2. The van der Waals surface area contributed by atoms with Crippen molar-refractivity contribution in [2.24, 2.45) is 0 Å². The fraction of sp³-hybridized carbons (Fsp3) is 0.254. The quantitative estimate of drug-likeness (QED) is 0.0234. The van der Waals surface area contributed by atoms with Crippen LogP contribution >= 0.6 is 0 Å². The SMILES string of the molecule is N#C[C@@H]1CC(F)(F)CN1C(=O)CNC(=O)c1ccncc1-c1ccc(OCCCN(CCCOc2ccc(-c3cnccc3C(=O)NCC(=O)N3CC(F)(F)C[C@H]3C#N)cc2)C(=O)CNC(=O)c2ccc(C(=O)O)c(-c3c4ccc(=O)cc-4oc4cc(O)ccc34)c2)cc1. The Morgan fingerprint density at radius 1 is 0.617 bits per heavy atom. The second-order valence-electron chi connectivity index (χ2n) is 22.1. The average molecular weight is 1290 g/mol. The number of fused-ring (bicyclic) bond motifs is 2. The number of benzene rings is 5. The van der Waals surface area contributed by atoms with Crippen molar-refractivity contribution < 1.29 is 75.2 Å². The molecule has 4 aromatic carbocycles. The number of nitrogens with zero attached hydrogens (tertiary/aromatic N) is 7. The Balaban J connectivity index is 0.793. The number of carboxylic acid groups (broad SMARTS) is 1. The van der Waals surface area contributed by atoms with Crippen LogP contribution in [-0.2, 0) is 14.4 Å². The molecule has 3 aliphatic heterocycles. The molecule has 94 heavy (non-hydrogen) atoms. The highest BCUT2D eigenvalue weighted by Crippen LogP contribution is 2.43. The molecule has 2 atom stereocenters. The number of alkyl halides is 4. The lowest BCUT2D eigenvalue weighted by Gasteiger charge is -2.23. The van der Waals surface area contributed by atoms with Crippen LogP contribution in [0.25, 0.3) is 55.7 Å². The van der Waals surface area contributed by atoms with Crippen LogP contribution in [-0.4, -0.2) is 159 Å². The van der Waals surface area contributed by atoms with E-state index in [-0.39, 0.29) is 84.1 Å². The zero-order valence-corrected chi connectivity index (χ0v) is 49.7. The standard InChI is InChI=1S/C67H56F4N10O13/c68-66(69)28-42(30-72)80(37-66)59(85)35-77-63(88)48-17-19-74-32-54(48)39-3-10-46(11-4-39)92-23-1-21-79(22-2-24-93-47-12-5-40(6-13-47)55-33-75-20-18-49(55)64(89)78-36-60(86)81-38-67(70,71)29-43(81)31-73)58(84)34-76-62(87)41-7-14-50(65(90)91)53(25-41)61-51-15-8-44(82)26-56(51)94-57-27-45(83)9-16-52(57)61/h3-20,25-27,32-33,42-43,82H,1-2,21-24,28-29,34-38H2,(H,76,87)(H,77,88)(H,78,89)(H,90,91)/t42-,43-/m0/s1. The normalized spacial score (nSPS) is 15.3. The number of hydrogen-bond acceptors (Lipinski definition) is 16. The van der Waals surface area contributed by atoms with Crippen molar-refractivity contribution in [2.75, 3.05) is 59.0 Å². The lowest BCUT2D eigenvalue weighted by molar-refractivity contribution is -0.132. The summed E-state index contributed by atoms with van der Waals surface area (Å²) in [6.45, 7) is -3.20. The molecule has 6 aromatic rings. The Hall–Kier alpha value is -11.7. The van der Waals surface area contributed by atoms with Gasteiger partial charge in [-0.1, -0.05) is 24.3 Å². The number of amides is 6. The fourth-order valence-corrected chi connectivity index (χ4v) is 11.1. The smallest absolute Gasteiger partial charge is 0.336 e. The number of nitrogens with one attached hydrogen (secondary N) is 3. The molecule has 5 heterocycles. The van der Waals surface area contributed by atoms with Crippen LogP contribution in [0.5, 0.6) is 17.2 Å². The topological polar surface area (TPSA) is 328 Å². The van der Waals surface area contributed by atoms with Crippen LogP contribution in [0.15, 0.2) is 149 Å². The largest absolute Gasteiger partial charge is 0.508 e. The third kappa shape index (κ3) is 15.2. The van der Waals surface area contributed by atoms with E-state index in [0.717, 1.165) is 9.80 Å². The van der Waals surface area contributed by atoms with E-state index in [2.05, 4.69) is 25.9 Å². The number of carbonyl (C=O) groups excluding carboxylic acids is 6. The van der Waals surface area contributed by atoms with Crippen molar-refractivity contribution in [3.63, 3.8) is 0 Å². The second kappa shape index (κ2) is 28.2. The lowest BCUT2D eigenvalue weighted by Crippen LogP contribution is -2.43. The minimum absolute atomic E-state index is 0.0149. The average Bonchev–Trinajstić information content (AvgIpc) is 1.08. The van der Waals surface area contributed by atoms with E-state index in [9.17, 15) is 76.7 Å². The summed E-state index contributed by atoms with van der Waals surface area (Å²) in [5.41, 5.74) is 2.34. The highest BCUT2D eigenvalue weighted by Gasteiger charge is 2.48. The molecule has 10 rings (SSSR count). The van der Waals surface area contributed by atoms with Crippen molar-refractivity contribution in [3.05, 3.63) is 173 Å². The number of aromatic nitrogens is 2. The fourth-order valence-electron chi connectivity index (χ4n) is 11.1. The number of hydrogen-bond donors (Lipinski definition) is 5. The van der Waals surface area contributed by atoms with Crippen LogP contribution in [0.3, 0.4) is 0 Å². The number of aromatic hydroxyl groups is 1. The number of carbonyl (C=O) groups is 7. The van der Waals surface area contributed by atoms with Gasteiger partial charge in [-0.2, -0.15) is 10.5 Å². The molecule has 5 N–H and O–H groups in total. The van der Waals surface area contributed by atoms with Gasteiger partial charge in [-0.15, -0.1) is 0 Å². The van der Waals surface area contributed by atoms with E-state index < -0.39 is 116 Å². The first-order chi connectivity index (χ1) is 45.1. The van der Waals surface area contributed by atoms with Gasteiger partial charge in [0.2, 0.25) is 17.7 Å². The maximum atomic E-state index is 14.2. The summed E-state index contributed by atoms with van der Waals surface area (Å²) in [5.74, 6) is -11.3. The van der Waals surface area contributed by atoms with E-state index in [1.165, 1.54) is 96.4 Å². The second-order valence-corrected chi connectivity index (χ2v) is 22.1. The number of phenols is 1. The zero-order chi connectivity index (χ0) is 66.8. The molecule has 27 heteroatoms. The van der Waals surface area contributed by atoms with E-state index in [0.29, 0.717) is 50.3 Å². The number of nitriles is 2. The number of carboxylic acids is 1. The van der Waals surface area contributed by atoms with Crippen molar-refractivity contribution in [1.29, 1.82) is 10.5 Å². The van der Waals surface area contributed by atoms with Crippen LogP contribution in [0.1, 0.15) is 67.1 Å². The van der Waals surface area contributed by atoms with Gasteiger partial charge >= 0.3 is 5.97 Å². The van der Waals surface area contributed by atoms with Crippen LogP contribution < -0.4 is 30.9 Å². The summed E-state index contributed by atoms with van der Waals surface area (Å²) in [6, 6.07) is 28.9. The number of halogens is 4. The molecule has 0 spiro atoms. The third-order valence-electron chi connectivity index (χ3n) is 15.6. The van der Waals surface area contributed by atoms with Gasteiger partial charge in [-0.25, -0.2) is 22.4 Å². The molecule has 0 saturated carbocycles. The molecule has 2 aromatic heterocycles. The first kappa shape index (κ1) is 65.2. The minimum Gasteiger partial charge on any atom is -0.508 e. The molecule has 0 unspecified atom stereocenters. The van der Waals surface area contributed by atoms with Gasteiger partial charge in [0.05, 0.1) is 74.8 Å². The summed E-state index contributed by atoms with van der Waals surface area (Å²) in [5, 5.41) is 47.2. The minimum atomic E-state index is -3.23. The van der Waals surface area contributed by atoms with Crippen molar-refractivity contribution >= 4 is 52.4 Å². The van der Waals surface area contributed by atoms with E-state index >= 15 is 0 Å². The maximum Gasteiger partial charge on any atom is 0.336 e. The van der Waals surface area contributed by atoms with E-state index in [4.69, 9.17) is 13.9 Å². The van der Waals surface area contributed by atoms with Crippen LogP contribution in [0.4, 0.5) is 17.6 Å². The number of rotatable bonds is 23. The van der Waals surface area contributed by atoms with Gasteiger partial charge in [0.25, 0.3) is 29.6 Å². The van der Waals surface area contributed by atoms with Crippen molar-refractivity contribution in [2.45, 2.75) is 49.6 Å². The van der Waals surface area contributed by atoms with Crippen molar-refractivity contribution in [1.82, 2.24) is 40.6 Å². The van der Waals surface area contributed by atoms with Gasteiger partial charge in [-0.05, 0) is 108 Å². The Morgan fingerprint density at radius 2 is 1.14 bits per heavy atom. The molecule has 6 amide bonds. The number of phenolic OH excluding ortho intramolecular Hbond substituents is 1. The van der Waals surface area contributed by atoms with Gasteiger partial charge < -0.3 is 54.8 Å². The molecular formula is C67H56F4N10O13. The predicted octanol–water partition coefficient (Wildman–Crippen LogP) is 7.57. The third-order valence-corrected chi connectivity index (χ3v) is 15.6. The highest BCUT2D eigenvalue weighted by molar-refractivity contribution is 6.10. The molecular weight excluding hydrogens is 1230 g/mol. The lowest BCUT2D eigenvalue weighted by atomic mass is 9.89. The number of pyridine rings is 2. The summed E-state index contributed by atoms with van der Waals surface area (Å²) in [7, 11) is 0. The van der Waals surface area contributed by atoms with Gasteiger partial charge in [0.1, 0.15) is 40.7 Å². The molecule has 1 aliphatic carbocycles. The Bertz CT molecular complexity index is 4200. The summed E-state index contributed by atoms with van der Waals surface area (Å²) >= 11 is 0. The van der Waals surface area contributed by atoms with Crippen molar-refractivity contribution in [3.8, 4) is 74.1 Å². The monoisotopic (exact) mass is 1280 g/mol. The maximum absolute atomic E-state index is 14.2. The van der Waals surface area contributed by atoms with Crippen LogP contribution in [0.2, 0.25) is 0 Å². The Morgan fingerprint density at radius 3 is 1.65 bits per heavy atom. The highest BCUT2D eigenvalue weighted by atomic mass is 19.3. The molecule has 4 aliphatic rings.